The van der Waals surface area contributed by atoms with Crippen LogP contribution in [0.1, 0.15) is 27.2 Å². The van der Waals surface area contributed by atoms with E-state index >= 15 is 0 Å². The molecule has 0 fully saturated rings. The van der Waals surface area contributed by atoms with Crippen LogP contribution in [0.25, 0.3) is 0 Å². The summed E-state index contributed by atoms with van der Waals surface area (Å²) in [6.45, 7) is 5.74. The van der Waals surface area contributed by atoms with Crippen LogP contribution < -0.4 is 15.2 Å². The number of nitrogens with one attached hydrogen (secondary N) is 1. The summed E-state index contributed by atoms with van der Waals surface area (Å²) in [6.07, 6.45) is 0.543. The molecule has 0 spiro atoms. The summed E-state index contributed by atoms with van der Waals surface area (Å²) in [5.74, 6) is 0.231. The lowest BCUT2D eigenvalue weighted by molar-refractivity contribution is -0.386. The summed E-state index contributed by atoms with van der Waals surface area (Å²) in [4.78, 5) is 10.2. The van der Waals surface area contributed by atoms with Crippen molar-refractivity contribution < 1.29 is 18.1 Å². The average Bonchev–Trinajstić information content (AvgIpc) is 2.44. The van der Waals surface area contributed by atoms with Gasteiger partial charge in [0.1, 0.15) is 0 Å². The van der Waals surface area contributed by atoms with Crippen LogP contribution in [-0.4, -0.2) is 32.5 Å². The van der Waals surface area contributed by atoms with E-state index in [1.165, 1.54) is 19.2 Å². The molecule has 138 valence electrons. The Morgan fingerprint density at radius 3 is 2.42 bits per heavy atom. The molecule has 0 saturated heterocycles. The Bertz CT molecular complexity index is 681. The molecular formula is C14H24ClN3O5S. The fourth-order valence-corrected chi connectivity index (χ4v) is 3.88. The highest BCUT2D eigenvalue weighted by Gasteiger charge is 2.31. The minimum absolute atomic E-state index is 0. The van der Waals surface area contributed by atoms with Crippen molar-refractivity contribution in [3.8, 4) is 5.75 Å². The van der Waals surface area contributed by atoms with Crippen molar-refractivity contribution in [3.63, 3.8) is 0 Å². The summed E-state index contributed by atoms with van der Waals surface area (Å²) >= 11 is 0. The number of nitro groups is 1. The van der Waals surface area contributed by atoms with Crippen LogP contribution in [0.3, 0.4) is 0 Å². The lowest BCUT2D eigenvalue weighted by Gasteiger charge is -2.30. The molecule has 1 rings (SSSR count). The Morgan fingerprint density at radius 1 is 1.42 bits per heavy atom. The molecule has 24 heavy (non-hydrogen) atoms. The van der Waals surface area contributed by atoms with Gasteiger partial charge in [0.15, 0.2) is 5.75 Å². The SMILES string of the molecule is COc1ccc(S(=O)(=O)NC(C)(CN)CC(C)C)cc1[N+](=O)[O-].Cl. The van der Waals surface area contributed by atoms with Crippen molar-refractivity contribution in [1.82, 2.24) is 4.72 Å². The number of hydrogen-bond donors (Lipinski definition) is 2. The number of benzene rings is 1. The van der Waals surface area contributed by atoms with E-state index in [4.69, 9.17) is 10.5 Å². The van der Waals surface area contributed by atoms with E-state index < -0.39 is 26.2 Å². The topological polar surface area (TPSA) is 125 Å². The van der Waals surface area contributed by atoms with Crippen molar-refractivity contribution in [1.29, 1.82) is 0 Å². The van der Waals surface area contributed by atoms with Crippen LogP contribution in [0, 0.1) is 16.0 Å². The van der Waals surface area contributed by atoms with Crippen molar-refractivity contribution in [2.24, 2.45) is 11.7 Å². The highest BCUT2D eigenvalue weighted by atomic mass is 35.5. The van der Waals surface area contributed by atoms with E-state index in [0.717, 1.165) is 6.07 Å². The van der Waals surface area contributed by atoms with Crippen molar-refractivity contribution in [3.05, 3.63) is 28.3 Å². The number of ether oxygens (including phenoxy) is 1. The number of rotatable bonds is 8. The Balaban J connectivity index is 0.00000529. The molecule has 0 saturated carbocycles. The maximum Gasteiger partial charge on any atom is 0.312 e. The van der Waals surface area contributed by atoms with Gasteiger partial charge in [-0.25, -0.2) is 13.1 Å². The standard InChI is InChI=1S/C14H23N3O5S.ClH/c1-10(2)8-14(3,9-15)16-23(20,21)11-5-6-13(22-4)12(7-11)17(18)19;/h5-7,10,16H,8-9,15H2,1-4H3;1H. The van der Waals surface area contributed by atoms with Crippen molar-refractivity contribution in [2.45, 2.75) is 37.6 Å². The molecule has 10 heteroatoms. The molecule has 0 aromatic heterocycles. The van der Waals surface area contributed by atoms with Gasteiger partial charge in [-0.05, 0) is 31.4 Å². The monoisotopic (exact) mass is 381 g/mol. The maximum atomic E-state index is 12.5. The zero-order valence-corrected chi connectivity index (χ0v) is 15.7. The van der Waals surface area contributed by atoms with Crippen LogP contribution >= 0.6 is 12.4 Å². The van der Waals surface area contributed by atoms with Crippen molar-refractivity contribution >= 4 is 28.1 Å². The first kappa shape index (κ1) is 22.6. The Hall–Kier alpha value is -1.42. The number of nitrogens with zero attached hydrogens (tertiary/aromatic N) is 1. The molecule has 0 radical (unpaired) electrons. The molecule has 1 unspecified atom stereocenters. The molecule has 0 aliphatic heterocycles. The third-order valence-corrected chi connectivity index (χ3v) is 4.98. The van der Waals surface area contributed by atoms with Gasteiger partial charge in [-0.1, -0.05) is 13.8 Å². The molecule has 0 amide bonds. The van der Waals surface area contributed by atoms with Gasteiger partial charge in [0.25, 0.3) is 0 Å². The second-order valence-electron chi connectivity index (χ2n) is 6.06. The molecule has 0 aliphatic carbocycles. The quantitative estimate of drug-likeness (QED) is 0.524. The number of sulfonamides is 1. The first-order chi connectivity index (χ1) is 10.5. The molecule has 1 aromatic rings. The average molecular weight is 382 g/mol. The van der Waals surface area contributed by atoms with Gasteiger partial charge in [-0.15, -0.1) is 12.4 Å². The largest absolute Gasteiger partial charge is 0.490 e. The maximum absolute atomic E-state index is 12.5. The van der Waals surface area contributed by atoms with Gasteiger partial charge in [-0.3, -0.25) is 10.1 Å². The molecular weight excluding hydrogens is 358 g/mol. The Kier molecular flexibility index (Phi) is 8.10. The number of halogens is 1. The second kappa shape index (κ2) is 8.61. The van der Waals surface area contributed by atoms with E-state index in [0.29, 0.717) is 6.42 Å². The Morgan fingerprint density at radius 2 is 2.00 bits per heavy atom. The first-order valence-corrected chi connectivity index (χ1v) is 8.59. The summed E-state index contributed by atoms with van der Waals surface area (Å²) in [5, 5.41) is 11.0. The fourth-order valence-electron chi connectivity index (χ4n) is 2.43. The zero-order valence-electron chi connectivity index (χ0n) is 14.1. The van der Waals surface area contributed by atoms with E-state index in [9.17, 15) is 18.5 Å². The summed E-state index contributed by atoms with van der Waals surface area (Å²) < 4.78 is 32.5. The van der Waals surface area contributed by atoms with Crippen LogP contribution in [-0.2, 0) is 10.0 Å². The Labute approximate surface area is 148 Å². The minimum atomic E-state index is -3.95. The van der Waals surface area contributed by atoms with E-state index in [2.05, 4.69) is 4.72 Å². The zero-order chi connectivity index (χ0) is 17.8. The lowest BCUT2D eigenvalue weighted by atomic mass is 9.92. The van der Waals surface area contributed by atoms with Gasteiger partial charge < -0.3 is 10.5 Å². The second-order valence-corrected chi connectivity index (χ2v) is 7.74. The van der Waals surface area contributed by atoms with Gasteiger partial charge in [-0.2, -0.15) is 0 Å². The van der Waals surface area contributed by atoms with E-state index in [1.807, 2.05) is 13.8 Å². The molecule has 3 N–H and O–H groups in total. The first-order valence-electron chi connectivity index (χ1n) is 7.11. The predicted octanol–water partition coefficient (Wildman–Crippen LogP) is 2.07. The molecule has 0 bridgehead atoms. The molecule has 0 aliphatic rings. The molecule has 1 aromatic carbocycles. The predicted molar refractivity (Wildman–Crippen MR) is 94.1 cm³/mol. The highest BCUT2D eigenvalue weighted by Crippen LogP contribution is 2.30. The van der Waals surface area contributed by atoms with E-state index in [-0.39, 0.29) is 35.5 Å². The molecule has 8 nitrogen and oxygen atoms in total. The summed E-state index contributed by atoms with van der Waals surface area (Å²) in [7, 11) is -2.67. The van der Waals surface area contributed by atoms with Crippen LogP contribution in [0.4, 0.5) is 5.69 Å². The van der Waals surface area contributed by atoms with Crippen LogP contribution in [0.2, 0.25) is 0 Å². The van der Waals surface area contributed by atoms with Gasteiger partial charge >= 0.3 is 5.69 Å². The molecule has 1 atom stereocenters. The summed E-state index contributed by atoms with van der Waals surface area (Å²) in [5.41, 5.74) is 4.47. The fraction of sp³-hybridized carbons (Fsp3) is 0.571. The van der Waals surface area contributed by atoms with Gasteiger partial charge in [0.05, 0.1) is 16.9 Å². The molecule has 0 heterocycles. The number of nitro benzene ring substituents is 1. The highest BCUT2D eigenvalue weighted by molar-refractivity contribution is 7.89. The van der Waals surface area contributed by atoms with Gasteiger partial charge in [0, 0.05) is 18.2 Å². The van der Waals surface area contributed by atoms with E-state index in [1.54, 1.807) is 6.92 Å². The van der Waals surface area contributed by atoms with Crippen LogP contribution in [0.5, 0.6) is 5.75 Å². The number of nitrogens with two attached hydrogens (primary N) is 1. The summed E-state index contributed by atoms with van der Waals surface area (Å²) in [6, 6.07) is 3.50. The number of methoxy groups -OCH3 is 1. The number of hydrogen-bond acceptors (Lipinski definition) is 6. The smallest absolute Gasteiger partial charge is 0.312 e. The minimum Gasteiger partial charge on any atom is -0.490 e. The normalized spacial score (nSPS) is 13.9. The lowest BCUT2D eigenvalue weighted by Crippen LogP contribution is -2.51. The van der Waals surface area contributed by atoms with Gasteiger partial charge in [0.2, 0.25) is 10.0 Å². The van der Waals surface area contributed by atoms with Crippen LogP contribution in [0.15, 0.2) is 23.1 Å². The third kappa shape index (κ3) is 5.59. The van der Waals surface area contributed by atoms with Crippen molar-refractivity contribution in [2.75, 3.05) is 13.7 Å². The third-order valence-electron chi connectivity index (χ3n) is 3.35.